The SMILES string of the molecule is CCCNC(=O)C(C)n1c(N)nc2c(F)cccc21. The lowest BCUT2D eigenvalue weighted by atomic mass is 10.2. The van der Waals surface area contributed by atoms with E-state index >= 15 is 0 Å². The number of nitrogens with two attached hydrogens (primary N) is 1. The number of rotatable bonds is 4. The lowest BCUT2D eigenvalue weighted by Crippen LogP contribution is -2.31. The predicted molar refractivity (Wildman–Crippen MR) is 72.1 cm³/mol. The Morgan fingerprint density at radius 2 is 2.32 bits per heavy atom. The van der Waals surface area contributed by atoms with Crippen molar-refractivity contribution in [2.45, 2.75) is 26.3 Å². The second-order valence-corrected chi connectivity index (χ2v) is 4.41. The minimum Gasteiger partial charge on any atom is -0.369 e. The second kappa shape index (κ2) is 5.26. The summed E-state index contributed by atoms with van der Waals surface area (Å²) in [4.78, 5) is 16.0. The number of hydrogen-bond donors (Lipinski definition) is 2. The number of para-hydroxylation sites is 1. The van der Waals surface area contributed by atoms with Crippen molar-refractivity contribution in [1.82, 2.24) is 14.9 Å². The molecule has 3 N–H and O–H groups in total. The van der Waals surface area contributed by atoms with Crippen molar-refractivity contribution in [2.75, 3.05) is 12.3 Å². The molecule has 5 nitrogen and oxygen atoms in total. The van der Waals surface area contributed by atoms with E-state index < -0.39 is 11.9 Å². The number of carbonyl (C=O) groups is 1. The van der Waals surface area contributed by atoms with Gasteiger partial charge in [-0.25, -0.2) is 9.37 Å². The zero-order valence-corrected chi connectivity index (χ0v) is 11.0. The van der Waals surface area contributed by atoms with Crippen LogP contribution in [0.5, 0.6) is 0 Å². The number of fused-ring (bicyclic) bond motifs is 1. The average Bonchev–Trinajstić information content (AvgIpc) is 2.73. The maximum Gasteiger partial charge on any atom is 0.242 e. The van der Waals surface area contributed by atoms with Crippen LogP contribution in [0.15, 0.2) is 18.2 Å². The molecule has 0 fully saturated rings. The summed E-state index contributed by atoms with van der Waals surface area (Å²) in [5.74, 6) is -0.458. The zero-order valence-electron chi connectivity index (χ0n) is 11.0. The van der Waals surface area contributed by atoms with E-state index in [1.165, 1.54) is 6.07 Å². The summed E-state index contributed by atoms with van der Waals surface area (Å²) in [7, 11) is 0. The fourth-order valence-corrected chi connectivity index (χ4v) is 2.02. The van der Waals surface area contributed by atoms with Crippen LogP contribution in [0, 0.1) is 5.82 Å². The molecule has 6 heteroatoms. The van der Waals surface area contributed by atoms with Crippen LogP contribution in [0.1, 0.15) is 26.3 Å². The second-order valence-electron chi connectivity index (χ2n) is 4.41. The average molecular weight is 264 g/mol. The molecule has 0 radical (unpaired) electrons. The van der Waals surface area contributed by atoms with Crippen molar-refractivity contribution < 1.29 is 9.18 Å². The van der Waals surface area contributed by atoms with Gasteiger partial charge in [-0.3, -0.25) is 9.36 Å². The van der Waals surface area contributed by atoms with Gasteiger partial charge in [-0.05, 0) is 25.5 Å². The molecule has 0 bridgehead atoms. The van der Waals surface area contributed by atoms with Gasteiger partial charge in [0.15, 0.2) is 5.82 Å². The van der Waals surface area contributed by atoms with Crippen LogP contribution in [0.2, 0.25) is 0 Å². The summed E-state index contributed by atoms with van der Waals surface area (Å²) in [6, 6.07) is 4.07. The van der Waals surface area contributed by atoms with Crippen LogP contribution in [0.3, 0.4) is 0 Å². The molecule has 1 aromatic carbocycles. The number of amides is 1. The molecule has 0 aliphatic carbocycles. The number of carbonyl (C=O) groups excluding carboxylic acids is 1. The van der Waals surface area contributed by atoms with Crippen LogP contribution >= 0.6 is 0 Å². The van der Waals surface area contributed by atoms with Crippen LogP contribution in [-0.4, -0.2) is 22.0 Å². The molecule has 0 saturated carbocycles. The molecule has 0 aliphatic rings. The molecule has 1 amide bonds. The Morgan fingerprint density at radius 3 is 3.00 bits per heavy atom. The smallest absolute Gasteiger partial charge is 0.242 e. The first-order chi connectivity index (χ1) is 9.06. The molecule has 0 spiro atoms. The monoisotopic (exact) mass is 264 g/mol. The van der Waals surface area contributed by atoms with Gasteiger partial charge in [0, 0.05) is 6.54 Å². The van der Waals surface area contributed by atoms with Gasteiger partial charge < -0.3 is 11.1 Å². The number of nitrogens with one attached hydrogen (secondary N) is 1. The quantitative estimate of drug-likeness (QED) is 0.885. The Bertz CT molecular complexity index is 608. The largest absolute Gasteiger partial charge is 0.369 e. The van der Waals surface area contributed by atoms with Crippen molar-refractivity contribution in [3.8, 4) is 0 Å². The highest BCUT2D eigenvalue weighted by molar-refractivity contribution is 5.85. The summed E-state index contributed by atoms with van der Waals surface area (Å²) in [6.07, 6.45) is 0.854. The topological polar surface area (TPSA) is 72.9 Å². The summed E-state index contributed by atoms with van der Waals surface area (Å²) < 4.78 is 15.2. The van der Waals surface area contributed by atoms with E-state index in [0.29, 0.717) is 12.1 Å². The van der Waals surface area contributed by atoms with E-state index in [9.17, 15) is 9.18 Å². The highest BCUT2D eigenvalue weighted by atomic mass is 19.1. The number of anilines is 1. The Labute approximate surface area is 110 Å². The zero-order chi connectivity index (χ0) is 14.0. The molecule has 0 saturated heterocycles. The third-order valence-corrected chi connectivity index (χ3v) is 3.01. The summed E-state index contributed by atoms with van der Waals surface area (Å²) in [6.45, 7) is 4.29. The molecular formula is C13H17FN4O. The van der Waals surface area contributed by atoms with E-state index in [2.05, 4.69) is 10.3 Å². The first kappa shape index (κ1) is 13.3. The Balaban J connectivity index is 2.42. The minimum absolute atomic E-state index is 0.138. The Hall–Kier alpha value is -2.11. The number of hydrogen-bond acceptors (Lipinski definition) is 3. The van der Waals surface area contributed by atoms with E-state index in [1.54, 1.807) is 23.6 Å². The van der Waals surface area contributed by atoms with E-state index in [4.69, 9.17) is 5.73 Å². The number of aromatic nitrogens is 2. The normalized spacial score (nSPS) is 12.6. The first-order valence-corrected chi connectivity index (χ1v) is 6.26. The van der Waals surface area contributed by atoms with Gasteiger partial charge in [-0.1, -0.05) is 13.0 Å². The van der Waals surface area contributed by atoms with Gasteiger partial charge in [-0.15, -0.1) is 0 Å². The highest BCUT2D eigenvalue weighted by Gasteiger charge is 2.21. The van der Waals surface area contributed by atoms with E-state index in [0.717, 1.165) is 6.42 Å². The number of imidazole rings is 1. The van der Waals surface area contributed by atoms with Crippen LogP contribution < -0.4 is 11.1 Å². The van der Waals surface area contributed by atoms with Gasteiger partial charge in [0.25, 0.3) is 0 Å². The molecule has 2 aromatic rings. The maximum absolute atomic E-state index is 13.6. The molecule has 1 unspecified atom stereocenters. The van der Waals surface area contributed by atoms with Crippen molar-refractivity contribution in [1.29, 1.82) is 0 Å². The predicted octanol–water partition coefficient (Wildman–Crippen LogP) is 1.84. The van der Waals surface area contributed by atoms with Gasteiger partial charge in [0.1, 0.15) is 11.6 Å². The van der Waals surface area contributed by atoms with Crippen LogP contribution in [0.4, 0.5) is 10.3 Å². The first-order valence-electron chi connectivity index (χ1n) is 6.26. The lowest BCUT2D eigenvalue weighted by molar-refractivity contribution is -0.123. The molecule has 2 rings (SSSR count). The van der Waals surface area contributed by atoms with Crippen molar-refractivity contribution >= 4 is 22.9 Å². The summed E-state index contributed by atoms with van der Waals surface area (Å²) in [5.41, 5.74) is 6.51. The summed E-state index contributed by atoms with van der Waals surface area (Å²) in [5, 5.41) is 2.79. The third-order valence-electron chi connectivity index (χ3n) is 3.01. The van der Waals surface area contributed by atoms with E-state index in [1.807, 2.05) is 6.92 Å². The molecule has 102 valence electrons. The fraction of sp³-hybridized carbons (Fsp3) is 0.385. The van der Waals surface area contributed by atoms with E-state index in [-0.39, 0.29) is 17.4 Å². The molecule has 1 aromatic heterocycles. The molecule has 19 heavy (non-hydrogen) atoms. The maximum atomic E-state index is 13.6. The number of nitrogens with zero attached hydrogens (tertiary/aromatic N) is 2. The Morgan fingerprint density at radius 1 is 1.58 bits per heavy atom. The molecule has 0 aliphatic heterocycles. The van der Waals surface area contributed by atoms with Gasteiger partial charge >= 0.3 is 0 Å². The van der Waals surface area contributed by atoms with Gasteiger partial charge in [-0.2, -0.15) is 0 Å². The molecule has 1 atom stereocenters. The third kappa shape index (κ3) is 2.38. The van der Waals surface area contributed by atoms with Crippen LogP contribution in [0.25, 0.3) is 11.0 Å². The van der Waals surface area contributed by atoms with Crippen LogP contribution in [-0.2, 0) is 4.79 Å². The van der Waals surface area contributed by atoms with Gasteiger partial charge in [0.05, 0.1) is 5.52 Å². The van der Waals surface area contributed by atoms with Crippen molar-refractivity contribution in [3.05, 3.63) is 24.0 Å². The number of benzene rings is 1. The van der Waals surface area contributed by atoms with Crippen molar-refractivity contribution in [3.63, 3.8) is 0 Å². The molecular weight excluding hydrogens is 247 g/mol. The molecule has 1 heterocycles. The highest BCUT2D eigenvalue weighted by Crippen LogP contribution is 2.24. The lowest BCUT2D eigenvalue weighted by Gasteiger charge is -2.15. The van der Waals surface area contributed by atoms with Crippen molar-refractivity contribution in [2.24, 2.45) is 0 Å². The standard InChI is InChI=1S/C13H17FN4O/c1-3-7-16-12(19)8(2)18-10-6-4-5-9(14)11(10)17-13(18)15/h4-6,8H,3,7H2,1-2H3,(H2,15,17)(H,16,19). The Kier molecular flexibility index (Phi) is 3.69. The minimum atomic E-state index is -0.529. The summed E-state index contributed by atoms with van der Waals surface area (Å²) >= 11 is 0. The van der Waals surface area contributed by atoms with Gasteiger partial charge in [0.2, 0.25) is 11.9 Å². The number of nitrogen functional groups attached to an aromatic ring is 1. The number of halogens is 1. The fourth-order valence-electron chi connectivity index (χ4n) is 2.02.